The van der Waals surface area contributed by atoms with Gasteiger partial charge in [-0.2, -0.15) is 0 Å². The van der Waals surface area contributed by atoms with Crippen LogP contribution in [-0.2, 0) is 14.3 Å². The molecule has 0 saturated carbocycles. The Labute approximate surface area is 160 Å². The number of ether oxygens (including phenoxy) is 1. The third-order valence-electron chi connectivity index (χ3n) is 4.75. The monoisotopic (exact) mass is 427 g/mol. The summed E-state index contributed by atoms with van der Waals surface area (Å²) in [7, 11) is 0. The summed E-state index contributed by atoms with van der Waals surface area (Å²) < 4.78 is 19.8. The van der Waals surface area contributed by atoms with Crippen LogP contribution < -0.4 is 5.32 Å². The molecule has 0 spiro atoms. The molecule has 26 heavy (non-hydrogen) atoms. The molecule has 2 aliphatic heterocycles. The predicted octanol–water partition coefficient (Wildman–Crippen LogP) is 2.24. The average Bonchev–Trinajstić information content (AvgIpc) is 3.17. The van der Waals surface area contributed by atoms with Crippen molar-refractivity contribution in [3.05, 3.63) is 28.5 Å². The van der Waals surface area contributed by atoms with E-state index in [0.29, 0.717) is 30.7 Å². The van der Waals surface area contributed by atoms with Gasteiger partial charge < -0.3 is 15.0 Å². The topological polar surface area (TPSA) is 61.9 Å². The highest BCUT2D eigenvalue weighted by Crippen LogP contribution is 2.19. The zero-order valence-electron chi connectivity index (χ0n) is 14.5. The number of amides is 2. The third-order valence-corrected chi connectivity index (χ3v) is 5.24. The molecule has 3 rings (SSSR count). The molecular weight excluding hydrogens is 405 g/mol. The zero-order chi connectivity index (χ0) is 18.5. The predicted molar refractivity (Wildman–Crippen MR) is 99.3 cm³/mol. The quantitative estimate of drug-likeness (QED) is 0.782. The van der Waals surface area contributed by atoms with Crippen LogP contribution in [0.3, 0.4) is 0 Å². The summed E-state index contributed by atoms with van der Waals surface area (Å²) in [6.07, 6.45) is 1.78. The van der Waals surface area contributed by atoms with E-state index in [1.165, 1.54) is 12.1 Å². The number of nitrogens with one attached hydrogen (secondary N) is 1. The van der Waals surface area contributed by atoms with Gasteiger partial charge in [0.1, 0.15) is 11.9 Å². The first-order valence-corrected chi connectivity index (χ1v) is 9.70. The highest BCUT2D eigenvalue weighted by Gasteiger charge is 2.30. The molecule has 1 atom stereocenters. The number of rotatable bonds is 5. The van der Waals surface area contributed by atoms with E-state index in [0.717, 1.165) is 25.9 Å². The van der Waals surface area contributed by atoms with Gasteiger partial charge in [-0.1, -0.05) is 15.9 Å². The fourth-order valence-electron chi connectivity index (χ4n) is 3.23. The Bertz CT molecular complexity index is 659. The van der Waals surface area contributed by atoms with E-state index >= 15 is 0 Å². The lowest BCUT2D eigenvalue weighted by atomic mass is 10.2. The lowest BCUT2D eigenvalue weighted by Gasteiger charge is -2.35. The minimum atomic E-state index is -0.464. The second-order valence-electron chi connectivity index (χ2n) is 6.59. The number of piperazine rings is 1. The summed E-state index contributed by atoms with van der Waals surface area (Å²) in [5, 5.41) is 2.60. The average molecular weight is 428 g/mol. The summed E-state index contributed by atoms with van der Waals surface area (Å²) >= 11 is 3.19. The van der Waals surface area contributed by atoms with Crippen molar-refractivity contribution in [2.24, 2.45) is 0 Å². The summed E-state index contributed by atoms with van der Waals surface area (Å²) in [5.74, 6) is -0.594. The maximum Gasteiger partial charge on any atom is 0.251 e. The standard InChI is InChI=1S/C18H23BrFN3O3/c19-13-3-4-15(14(20)12-13)21-17(24)5-6-22-7-9-23(10-8-22)18(25)16-2-1-11-26-16/h3-4,12,16H,1-2,5-11H2,(H,21,24)/t16-/m1/s1. The first kappa shape index (κ1) is 19.3. The Morgan fingerprint density at radius 2 is 2.04 bits per heavy atom. The maximum atomic E-state index is 13.7. The van der Waals surface area contributed by atoms with Gasteiger partial charge in [-0.05, 0) is 31.0 Å². The van der Waals surface area contributed by atoms with Crippen molar-refractivity contribution in [1.82, 2.24) is 9.80 Å². The number of halogens is 2. The van der Waals surface area contributed by atoms with Gasteiger partial charge >= 0.3 is 0 Å². The largest absolute Gasteiger partial charge is 0.368 e. The Kier molecular flexibility index (Phi) is 6.61. The zero-order valence-corrected chi connectivity index (χ0v) is 16.1. The van der Waals surface area contributed by atoms with Crippen molar-refractivity contribution in [2.75, 3.05) is 44.6 Å². The number of benzene rings is 1. The van der Waals surface area contributed by atoms with E-state index in [4.69, 9.17) is 4.74 Å². The van der Waals surface area contributed by atoms with Gasteiger partial charge in [0, 0.05) is 50.2 Å². The third kappa shape index (κ3) is 5.02. The smallest absolute Gasteiger partial charge is 0.251 e. The summed E-state index contributed by atoms with van der Waals surface area (Å²) in [6, 6.07) is 4.54. The van der Waals surface area contributed by atoms with Gasteiger partial charge in [-0.3, -0.25) is 14.5 Å². The number of carbonyl (C=O) groups excluding carboxylic acids is 2. The molecule has 6 nitrogen and oxygen atoms in total. The molecule has 1 aromatic rings. The van der Waals surface area contributed by atoms with Crippen molar-refractivity contribution in [3.63, 3.8) is 0 Å². The molecule has 0 radical (unpaired) electrons. The van der Waals surface area contributed by atoms with E-state index in [-0.39, 0.29) is 30.0 Å². The highest BCUT2D eigenvalue weighted by molar-refractivity contribution is 9.10. The molecule has 1 aromatic carbocycles. The number of hydrogen-bond donors (Lipinski definition) is 1. The molecule has 1 N–H and O–H groups in total. The van der Waals surface area contributed by atoms with Gasteiger partial charge in [-0.15, -0.1) is 0 Å². The van der Waals surface area contributed by atoms with Crippen LogP contribution in [0.15, 0.2) is 22.7 Å². The first-order chi connectivity index (χ1) is 12.5. The molecule has 0 bridgehead atoms. The van der Waals surface area contributed by atoms with Crippen LogP contribution in [0.1, 0.15) is 19.3 Å². The van der Waals surface area contributed by atoms with E-state index in [9.17, 15) is 14.0 Å². The molecule has 0 aliphatic carbocycles. The van der Waals surface area contributed by atoms with Crippen LogP contribution in [0.2, 0.25) is 0 Å². The van der Waals surface area contributed by atoms with E-state index in [2.05, 4.69) is 26.1 Å². The fourth-order valence-corrected chi connectivity index (χ4v) is 3.56. The van der Waals surface area contributed by atoms with Gasteiger partial charge in [0.2, 0.25) is 5.91 Å². The normalized spacial score (nSPS) is 21.0. The van der Waals surface area contributed by atoms with Crippen molar-refractivity contribution in [3.8, 4) is 0 Å². The molecule has 2 amide bonds. The number of anilines is 1. The van der Waals surface area contributed by atoms with E-state index < -0.39 is 5.82 Å². The fraction of sp³-hybridized carbons (Fsp3) is 0.556. The van der Waals surface area contributed by atoms with Crippen molar-refractivity contribution < 1.29 is 18.7 Å². The van der Waals surface area contributed by atoms with Gasteiger partial charge in [0.05, 0.1) is 5.69 Å². The van der Waals surface area contributed by atoms with Crippen LogP contribution in [0, 0.1) is 5.82 Å². The Morgan fingerprint density at radius 1 is 1.27 bits per heavy atom. The lowest BCUT2D eigenvalue weighted by molar-refractivity contribution is -0.142. The Hall–Kier alpha value is -1.51. The van der Waals surface area contributed by atoms with Crippen LogP contribution in [0.25, 0.3) is 0 Å². The Balaban J connectivity index is 1.39. The minimum Gasteiger partial charge on any atom is -0.368 e. The minimum absolute atomic E-state index is 0.0885. The Morgan fingerprint density at radius 3 is 2.69 bits per heavy atom. The van der Waals surface area contributed by atoms with E-state index in [1.807, 2.05) is 4.90 Å². The number of carbonyl (C=O) groups is 2. The molecule has 142 valence electrons. The van der Waals surface area contributed by atoms with Crippen LogP contribution in [0.5, 0.6) is 0 Å². The first-order valence-electron chi connectivity index (χ1n) is 8.90. The van der Waals surface area contributed by atoms with Gasteiger partial charge in [-0.25, -0.2) is 4.39 Å². The molecule has 8 heteroatoms. The van der Waals surface area contributed by atoms with E-state index in [1.54, 1.807) is 6.07 Å². The molecule has 2 heterocycles. The summed E-state index contributed by atoms with van der Waals surface area (Å²) in [4.78, 5) is 28.4. The van der Waals surface area contributed by atoms with Gasteiger partial charge in [0.25, 0.3) is 5.91 Å². The molecule has 0 aromatic heterocycles. The SMILES string of the molecule is O=C(CCN1CCN(C(=O)[C@H]2CCCO2)CC1)Nc1ccc(Br)cc1F. The highest BCUT2D eigenvalue weighted by atomic mass is 79.9. The molecular formula is C18H23BrFN3O3. The second kappa shape index (κ2) is 8.92. The molecule has 0 unspecified atom stereocenters. The number of hydrogen-bond acceptors (Lipinski definition) is 4. The maximum absolute atomic E-state index is 13.7. The summed E-state index contributed by atoms with van der Waals surface area (Å²) in [6.45, 7) is 4.04. The molecule has 2 fully saturated rings. The second-order valence-corrected chi connectivity index (χ2v) is 7.51. The lowest BCUT2D eigenvalue weighted by Crippen LogP contribution is -2.51. The molecule has 2 saturated heterocycles. The number of nitrogens with zero attached hydrogens (tertiary/aromatic N) is 2. The van der Waals surface area contributed by atoms with Crippen molar-refractivity contribution in [1.29, 1.82) is 0 Å². The van der Waals surface area contributed by atoms with Crippen LogP contribution >= 0.6 is 15.9 Å². The molecule has 2 aliphatic rings. The van der Waals surface area contributed by atoms with Crippen LogP contribution in [-0.4, -0.2) is 67.0 Å². The summed E-state index contributed by atoms with van der Waals surface area (Å²) in [5.41, 5.74) is 0.185. The van der Waals surface area contributed by atoms with Crippen molar-refractivity contribution >= 4 is 33.4 Å². The van der Waals surface area contributed by atoms with Crippen molar-refractivity contribution in [2.45, 2.75) is 25.4 Å². The van der Waals surface area contributed by atoms with Crippen LogP contribution in [0.4, 0.5) is 10.1 Å². The van der Waals surface area contributed by atoms with Gasteiger partial charge in [0.15, 0.2) is 0 Å².